The molecular weight excluding hydrogens is 528 g/mol. The van der Waals surface area contributed by atoms with Crippen LogP contribution in [0.15, 0.2) is 109 Å². The minimum Gasteiger partial charge on any atom is -0.0767 e. The molecule has 0 radical (unpaired) electrons. The molecule has 0 nitrogen and oxygen atoms in total. The van der Waals surface area contributed by atoms with Crippen LogP contribution in [0, 0.1) is 51.4 Å². The predicted molar refractivity (Wildman–Crippen MR) is 188 cm³/mol. The van der Waals surface area contributed by atoms with E-state index < -0.39 is 0 Å². The molecule has 0 N–H and O–H groups in total. The van der Waals surface area contributed by atoms with Gasteiger partial charge in [-0.2, -0.15) is 0 Å². The van der Waals surface area contributed by atoms with Gasteiger partial charge in [0.1, 0.15) is 0 Å². The van der Waals surface area contributed by atoms with Crippen LogP contribution in [0.4, 0.5) is 0 Å². The molecule has 0 saturated heterocycles. The van der Waals surface area contributed by atoms with E-state index in [2.05, 4.69) is 137 Å². The molecule has 0 saturated carbocycles. The highest BCUT2D eigenvalue weighted by Crippen LogP contribution is 2.59. The van der Waals surface area contributed by atoms with Gasteiger partial charge in [-0.25, -0.2) is 0 Å². The summed E-state index contributed by atoms with van der Waals surface area (Å²) in [4.78, 5) is 0. The number of fused-ring (bicyclic) bond motifs is 8. The van der Waals surface area contributed by atoms with E-state index >= 15 is 0 Å². The largest absolute Gasteiger partial charge is 0.0767 e. The maximum atomic E-state index is 2.51. The van der Waals surface area contributed by atoms with Crippen molar-refractivity contribution in [2.24, 2.45) is 23.7 Å². The van der Waals surface area contributed by atoms with E-state index in [-0.39, 0.29) is 0 Å². The molecule has 0 heteroatoms. The Labute approximate surface area is 259 Å². The lowest BCUT2D eigenvalue weighted by molar-refractivity contribution is 0.706. The summed E-state index contributed by atoms with van der Waals surface area (Å²) in [5, 5.41) is 5.56. The molecule has 0 aromatic heterocycles. The Balaban J connectivity index is 1.16. The summed E-state index contributed by atoms with van der Waals surface area (Å²) in [5.74, 6) is 1.64. The van der Waals surface area contributed by atoms with Crippen molar-refractivity contribution in [1.29, 1.82) is 0 Å². The number of hydrogen-bond donors (Lipinski definition) is 0. The van der Waals surface area contributed by atoms with Gasteiger partial charge >= 0.3 is 0 Å². The number of allylic oxidation sites excluding steroid dienone is 16. The molecule has 0 bridgehead atoms. The zero-order valence-electron chi connectivity index (χ0n) is 25.7. The summed E-state index contributed by atoms with van der Waals surface area (Å²) in [6, 6.07) is 16.3. The second-order valence-corrected chi connectivity index (χ2v) is 13.6. The predicted octanol–water partition coefficient (Wildman–Crippen LogP) is 11.1. The molecule has 0 spiro atoms. The Morgan fingerprint density at radius 1 is 0.432 bits per heavy atom. The van der Waals surface area contributed by atoms with E-state index in [4.69, 9.17) is 0 Å². The summed E-state index contributed by atoms with van der Waals surface area (Å²) in [7, 11) is 0. The fourth-order valence-corrected chi connectivity index (χ4v) is 9.85. The maximum Gasteiger partial charge on any atom is 0.0206 e. The lowest BCUT2D eigenvalue weighted by atomic mass is 9.71. The highest BCUT2D eigenvalue weighted by Gasteiger charge is 2.43. The zero-order chi connectivity index (χ0) is 29.4. The van der Waals surface area contributed by atoms with Gasteiger partial charge in [0.25, 0.3) is 0 Å². The first-order chi connectivity index (χ1) is 21.5. The van der Waals surface area contributed by atoms with Crippen molar-refractivity contribution in [2.75, 3.05) is 0 Å². The highest BCUT2D eigenvalue weighted by atomic mass is 14.5. The highest BCUT2D eigenvalue weighted by molar-refractivity contribution is 6.10. The Kier molecular flexibility index (Phi) is 4.77. The molecule has 0 amide bonds. The lowest BCUT2D eigenvalue weighted by Crippen LogP contribution is -2.18. The quantitative estimate of drug-likeness (QED) is 0.216. The van der Waals surface area contributed by atoms with E-state index in [0.29, 0.717) is 23.7 Å². The van der Waals surface area contributed by atoms with E-state index in [0.717, 1.165) is 0 Å². The van der Waals surface area contributed by atoms with Crippen molar-refractivity contribution >= 4 is 49.4 Å². The number of rotatable bonds is 1. The van der Waals surface area contributed by atoms with Crippen molar-refractivity contribution in [3.63, 3.8) is 0 Å². The SMILES string of the molecule is Cc1c2c(c(C)c3cc(C4=CC=C5c6c(c(C)c7ccccc7c6C)C6=CC=CC4C65)ccc13)C1=CC=CC3C=CC=C2C13. The van der Waals surface area contributed by atoms with Gasteiger partial charge in [0, 0.05) is 23.7 Å². The van der Waals surface area contributed by atoms with Crippen LogP contribution in [-0.4, -0.2) is 0 Å². The van der Waals surface area contributed by atoms with Crippen LogP contribution in [0.25, 0.3) is 49.4 Å². The van der Waals surface area contributed by atoms with Crippen LogP contribution in [0.2, 0.25) is 0 Å². The molecule has 0 aliphatic heterocycles. The van der Waals surface area contributed by atoms with E-state index in [1.54, 1.807) is 0 Å². The first-order valence-corrected chi connectivity index (χ1v) is 16.2. The van der Waals surface area contributed by atoms with Crippen LogP contribution in [0.3, 0.4) is 0 Å². The van der Waals surface area contributed by atoms with Gasteiger partial charge < -0.3 is 0 Å². The van der Waals surface area contributed by atoms with Crippen molar-refractivity contribution in [3.05, 3.63) is 159 Å². The van der Waals surface area contributed by atoms with Crippen molar-refractivity contribution in [2.45, 2.75) is 27.7 Å². The topological polar surface area (TPSA) is 0 Å². The summed E-state index contributed by atoms with van der Waals surface area (Å²) in [5.41, 5.74) is 20.4. The van der Waals surface area contributed by atoms with Crippen LogP contribution >= 0.6 is 0 Å². The molecule has 0 fully saturated rings. The average Bonchev–Trinajstić information content (AvgIpc) is 3.59. The monoisotopic (exact) mass is 562 g/mol. The molecule has 6 aliphatic rings. The Hall–Kier alpha value is -4.68. The van der Waals surface area contributed by atoms with Gasteiger partial charge in [-0.15, -0.1) is 0 Å². The van der Waals surface area contributed by atoms with Gasteiger partial charge in [0.15, 0.2) is 0 Å². The third-order valence-electron chi connectivity index (χ3n) is 11.7. The second kappa shape index (κ2) is 8.48. The Morgan fingerprint density at radius 3 is 1.52 bits per heavy atom. The lowest BCUT2D eigenvalue weighted by Gasteiger charge is -2.32. The first kappa shape index (κ1) is 24.7. The molecular formula is C44H34. The van der Waals surface area contributed by atoms with E-state index in [1.165, 1.54) is 99.5 Å². The molecule has 44 heavy (non-hydrogen) atoms. The van der Waals surface area contributed by atoms with Gasteiger partial charge in [0.2, 0.25) is 0 Å². The zero-order valence-corrected chi connectivity index (χ0v) is 25.7. The van der Waals surface area contributed by atoms with Gasteiger partial charge in [0.05, 0.1) is 0 Å². The number of hydrogen-bond acceptors (Lipinski definition) is 0. The van der Waals surface area contributed by atoms with Crippen LogP contribution in [-0.2, 0) is 0 Å². The maximum absolute atomic E-state index is 2.51. The number of benzene rings is 4. The Bertz CT molecular complexity index is 2320. The fraction of sp³-hybridized carbons (Fsp3) is 0.182. The van der Waals surface area contributed by atoms with Gasteiger partial charge in [-0.05, 0) is 133 Å². The molecule has 4 atom stereocenters. The molecule has 10 rings (SSSR count). The van der Waals surface area contributed by atoms with Crippen LogP contribution < -0.4 is 0 Å². The minimum atomic E-state index is 0.337. The molecule has 4 aromatic rings. The minimum absolute atomic E-state index is 0.337. The molecule has 0 heterocycles. The fourth-order valence-electron chi connectivity index (χ4n) is 9.85. The first-order valence-electron chi connectivity index (χ1n) is 16.2. The smallest absolute Gasteiger partial charge is 0.0206 e. The summed E-state index contributed by atoms with van der Waals surface area (Å²) < 4.78 is 0. The average molecular weight is 563 g/mol. The van der Waals surface area contributed by atoms with E-state index in [1.807, 2.05) is 0 Å². The summed E-state index contributed by atoms with van der Waals surface area (Å²) in [6.07, 6.45) is 26.1. The van der Waals surface area contributed by atoms with Gasteiger partial charge in [-0.1, -0.05) is 103 Å². The molecule has 6 aliphatic carbocycles. The van der Waals surface area contributed by atoms with Crippen molar-refractivity contribution in [3.8, 4) is 0 Å². The summed E-state index contributed by atoms with van der Waals surface area (Å²) in [6.45, 7) is 9.37. The van der Waals surface area contributed by atoms with Crippen molar-refractivity contribution in [1.82, 2.24) is 0 Å². The molecule has 4 aromatic carbocycles. The molecule has 210 valence electrons. The molecule has 4 unspecified atom stereocenters. The third-order valence-corrected chi connectivity index (χ3v) is 11.7. The Morgan fingerprint density at radius 2 is 0.909 bits per heavy atom. The summed E-state index contributed by atoms with van der Waals surface area (Å²) >= 11 is 0. The third kappa shape index (κ3) is 2.90. The number of aryl methyl sites for hydroxylation is 4. The van der Waals surface area contributed by atoms with Gasteiger partial charge in [-0.3, -0.25) is 0 Å². The van der Waals surface area contributed by atoms with E-state index in [9.17, 15) is 0 Å². The normalized spacial score (nSPS) is 24.8. The van der Waals surface area contributed by atoms with Crippen LogP contribution in [0.1, 0.15) is 50.1 Å². The van der Waals surface area contributed by atoms with Crippen LogP contribution in [0.5, 0.6) is 0 Å². The standard InChI is InChI=1S/C44H34/c1-23-29-12-5-6-13-30(29)24(2)41-37-21-20-32(33-14-9-17-36(40(23)41)44(33)37)28-18-19-31-25(3)39-34-15-7-10-27-11-8-16-35(43(27)34)42(39)26(4)38(31)22-28/h5-22,27,33,43-44H,1-4H3. The second-order valence-electron chi connectivity index (χ2n) is 13.6. The van der Waals surface area contributed by atoms with Crippen molar-refractivity contribution < 1.29 is 0 Å².